The zero-order valence-corrected chi connectivity index (χ0v) is 13.5. The summed E-state index contributed by atoms with van der Waals surface area (Å²) in [5, 5.41) is 0. The third-order valence-corrected chi connectivity index (χ3v) is 4.58. The molecule has 2 aromatic rings. The van der Waals surface area contributed by atoms with Gasteiger partial charge in [0, 0.05) is 30.9 Å². The van der Waals surface area contributed by atoms with Crippen molar-refractivity contribution >= 4 is 10.0 Å². The molecule has 0 fully saturated rings. The second-order valence-electron chi connectivity index (χ2n) is 4.66. The summed E-state index contributed by atoms with van der Waals surface area (Å²) in [6.07, 6.45) is 2.21. The second-order valence-corrected chi connectivity index (χ2v) is 6.39. The molecular weight excluding hydrogens is 306 g/mol. The Labute approximate surface area is 129 Å². The summed E-state index contributed by atoms with van der Waals surface area (Å²) in [5.74, 6) is 1.52. The number of aromatic amines is 1. The first kappa shape index (κ1) is 16.3. The first-order valence-corrected chi connectivity index (χ1v) is 8.17. The van der Waals surface area contributed by atoms with Crippen molar-refractivity contribution in [1.29, 1.82) is 0 Å². The summed E-state index contributed by atoms with van der Waals surface area (Å²) in [6.45, 7) is 2.10. The average molecular weight is 325 g/mol. The van der Waals surface area contributed by atoms with Crippen LogP contribution in [0, 0.1) is 6.92 Å². The Kier molecular flexibility index (Phi) is 5.04. The van der Waals surface area contributed by atoms with Crippen molar-refractivity contribution in [3.05, 3.63) is 35.9 Å². The minimum atomic E-state index is -3.69. The molecule has 2 N–H and O–H groups in total. The molecule has 1 aromatic carbocycles. The molecule has 0 aliphatic rings. The Hall–Kier alpha value is -2.06. The third kappa shape index (κ3) is 3.77. The van der Waals surface area contributed by atoms with Crippen molar-refractivity contribution in [2.24, 2.45) is 0 Å². The number of methoxy groups -OCH3 is 2. The van der Waals surface area contributed by atoms with E-state index in [2.05, 4.69) is 14.7 Å². The van der Waals surface area contributed by atoms with E-state index in [0.29, 0.717) is 12.2 Å². The number of nitrogens with one attached hydrogen (secondary N) is 2. The molecule has 0 unspecified atom stereocenters. The highest BCUT2D eigenvalue weighted by Gasteiger charge is 2.20. The van der Waals surface area contributed by atoms with E-state index in [1.54, 1.807) is 18.3 Å². The third-order valence-electron chi connectivity index (χ3n) is 3.10. The van der Waals surface area contributed by atoms with E-state index in [-0.39, 0.29) is 17.2 Å². The number of hydrogen-bond acceptors (Lipinski definition) is 5. The summed E-state index contributed by atoms with van der Waals surface area (Å²) in [5.41, 5.74) is 0.873. The maximum Gasteiger partial charge on any atom is 0.244 e. The van der Waals surface area contributed by atoms with Gasteiger partial charge in [-0.2, -0.15) is 0 Å². The van der Waals surface area contributed by atoms with Crippen LogP contribution in [0.3, 0.4) is 0 Å². The molecular formula is C14H19N3O4S. The van der Waals surface area contributed by atoms with Crippen LogP contribution < -0.4 is 14.2 Å². The molecule has 22 heavy (non-hydrogen) atoms. The zero-order valence-electron chi connectivity index (χ0n) is 12.7. The number of ether oxygens (including phenoxy) is 2. The van der Waals surface area contributed by atoms with E-state index in [9.17, 15) is 8.42 Å². The molecule has 1 heterocycles. The van der Waals surface area contributed by atoms with Crippen molar-refractivity contribution in [2.45, 2.75) is 18.2 Å². The molecule has 0 aliphatic carbocycles. The smallest absolute Gasteiger partial charge is 0.244 e. The number of rotatable bonds is 7. The van der Waals surface area contributed by atoms with E-state index in [1.807, 2.05) is 6.92 Å². The summed E-state index contributed by atoms with van der Waals surface area (Å²) < 4.78 is 37.5. The standard InChI is InChI=1S/C14H19N3O4S/c1-10-15-9-11(17-10)6-7-16-22(18,19)14-8-12(20-2)4-5-13(14)21-3/h4-5,8-9,16H,6-7H2,1-3H3,(H,15,17). The number of aryl methyl sites for hydroxylation is 1. The van der Waals surface area contributed by atoms with Crippen molar-refractivity contribution in [3.8, 4) is 11.5 Å². The number of hydrogen-bond donors (Lipinski definition) is 2. The van der Waals surface area contributed by atoms with E-state index in [0.717, 1.165) is 11.5 Å². The van der Waals surface area contributed by atoms with Gasteiger partial charge in [-0.1, -0.05) is 0 Å². The molecule has 7 nitrogen and oxygen atoms in total. The largest absolute Gasteiger partial charge is 0.497 e. The van der Waals surface area contributed by atoms with E-state index < -0.39 is 10.0 Å². The minimum Gasteiger partial charge on any atom is -0.497 e. The average Bonchev–Trinajstić information content (AvgIpc) is 2.91. The Balaban J connectivity index is 2.12. The van der Waals surface area contributed by atoms with Gasteiger partial charge in [-0.15, -0.1) is 0 Å². The highest BCUT2D eigenvalue weighted by molar-refractivity contribution is 7.89. The number of aromatic nitrogens is 2. The summed E-state index contributed by atoms with van der Waals surface area (Å²) >= 11 is 0. The lowest BCUT2D eigenvalue weighted by Crippen LogP contribution is -2.26. The van der Waals surface area contributed by atoms with Gasteiger partial charge in [0.15, 0.2) is 0 Å². The molecule has 0 atom stereocenters. The Bertz CT molecular complexity index is 740. The van der Waals surface area contributed by atoms with Crippen LogP contribution in [0.2, 0.25) is 0 Å². The molecule has 0 saturated heterocycles. The highest BCUT2D eigenvalue weighted by Crippen LogP contribution is 2.27. The van der Waals surface area contributed by atoms with E-state index in [4.69, 9.17) is 9.47 Å². The number of sulfonamides is 1. The van der Waals surface area contributed by atoms with Crippen LogP contribution in [0.4, 0.5) is 0 Å². The van der Waals surface area contributed by atoms with Crippen LogP contribution in [0.5, 0.6) is 11.5 Å². The van der Waals surface area contributed by atoms with Crippen LogP contribution in [-0.4, -0.2) is 39.2 Å². The van der Waals surface area contributed by atoms with Crippen LogP contribution >= 0.6 is 0 Å². The van der Waals surface area contributed by atoms with E-state index >= 15 is 0 Å². The van der Waals surface area contributed by atoms with E-state index in [1.165, 1.54) is 20.3 Å². The number of imidazole rings is 1. The van der Waals surface area contributed by atoms with Gasteiger partial charge in [-0.3, -0.25) is 0 Å². The first-order chi connectivity index (χ1) is 10.5. The van der Waals surface area contributed by atoms with Crippen molar-refractivity contribution in [2.75, 3.05) is 20.8 Å². The zero-order chi connectivity index (χ0) is 16.2. The van der Waals surface area contributed by atoms with Gasteiger partial charge in [-0.25, -0.2) is 18.1 Å². The number of nitrogens with zero attached hydrogens (tertiary/aromatic N) is 1. The molecule has 0 radical (unpaired) electrons. The lowest BCUT2D eigenvalue weighted by atomic mass is 10.3. The fourth-order valence-electron chi connectivity index (χ4n) is 1.99. The van der Waals surface area contributed by atoms with Gasteiger partial charge < -0.3 is 14.5 Å². The Morgan fingerprint density at radius 3 is 2.64 bits per heavy atom. The molecule has 8 heteroatoms. The maximum atomic E-state index is 12.4. The topological polar surface area (TPSA) is 93.3 Å². The van der Waals surface area contributed by atoms with Gasteiger partial charge in [0.25, 0.3) is 0 Å². The molecule has 0 aliphatic heterocycles. The van der Waals surface area contributed by atoms with Gasteiger partial charge in [0.2, 0.25) is 10.0 Å². The van der Waals surface area contributed by atoms with Crippen LogP contribution in [0.15, 0.2) is 29.3 Å². The molecule has 0 bridgehead atoms. The summed E-state index contributed by atoms with van der Waals surface area (Å²) in [7, 11) is -0.785. The van der Waals surface area contributed by atoms with Gasteiger partial charge in [0.1, 0.15) is 22.2 Å². The summed E-state index contributed by atoms with van der Waals surface area (Å²) in [4.78, 5) is 7.17. The predicted octanol–water partition coefficient (Wildman–Crippen LogP) is 1.26. The molecule has 0 spiro atoms. The highest BCUT2D eigenvalue weighted by atomic mass is 32.2. The monoisotopic (exact) mass is 325 g/mol. The Morgan fingerprint density at radius 2 is 2.05 bits per heavy atom. The molecule has 0 amide bonds. The Morgan fingerprint density at radius 1 is 1.27 bits per heavy atom. The van der Waals surface area contributed by atoms with Crippen molar-refractivity contribution < 1.29 is 17.9 Å². The predicted molar refractivity (Wildman–Crippen MR) is 81.8 cm³/mol. The normalized spacial score (nSPS) is 11.4. The fourth-order valence-corrected chi connectivity index (χ4v) is 3.20. The van der Waals surface area contributed by atoms with Crippen LogP contribution in [0.25, 0.3) is 0 Å². The van der Waals surface area contributed by atoms with Crippen molar-refractivity contribution in [3.63, 3.8) is 0 Å². The molecule has 120 valence electrons. The second kappa shape index (κ2) is 6.80. The van der Waals surface area contributed by atoms with Gasteiger partial charge >= 0.3 is 0 Å². The molecule has 0 saturated carbocycles. The van der Waals surface area contributed by atoms with Crippen LogP contribution in [0.1, 0.15) is 11.5 Å². The SMILES string of the molecule is COc1ccc(OC)c(S(=O)(=O)NCCc2cnc(C)[nH]2)c1. The summed E-state index contributed by atoms with van der Waals surface area (Å²) in [6, 6.07) is 4.64. The maximum absolute atomic E-state index is 12.4. The molecule has 2 rings (SSSR count). The lowest BCUT2D eigenvalue weighted by Gasteiger charge is -2.11. The van der Waals surface area contributed by atoms with Crippen LogP contribution in [-0.2, 0) is 16.4 Å². The number of benzene rings is 1. The minimum absolute atomic E-state index is 0.0511. The fraction of sp³-hybridized carbons (Fsp3) is 0.357. The molecule has 1 aromatic heterocycles. The lowest BCUT2D eigenvalue weighted by molar-refractivity contribution is 0.392. The first-order valence-electron chi connectivity index (χ1n) is 6.68. The number of H-pyrrole nitrogens is 1. The quantitative estimate of drug-likeness (QED) is 0.799. The van der Waals surface area contributed by atoms with Gasteiger partial charge in [-0.05, 0) is 19.1 Å². The van der Waals surface area contributed by atoms with Gasteiger partial charge in [0.05, 0.1) is 14.2 Å². The van der Waals surface area contributed by atoms with Crippen molar-refractivity contribution in [1.82, 2.24) is 14.7 Å².